The number of likely N-dealkylation sites (tertiary alicyclic amines) is 1. The highest BCUT2D eigenvalue weighted by Gasteiger charge is 2.46. The molecule has 22 heavy (non-hydrogen) atoms. The fourth-order valence-corrected chi connectivity index (χ4v) is 3.43. The minimum absolute atomic E-state index is 0.0784. The zero-order valence-corrected chi connectivity index (χ0v) is 13.8. The van der Waals surface area contributed by atoms with Crippen molar-refractivity contribution < 1.29 is 19.0 Å². The molecular formula is C17H23NO4. The van der Waals surface area contributed by atoms with Gasteiger partial charge in [-0.3, -0.25) is 0 Å². The minimum atomic E-state index is -0.473. The number of rotatable bonds is 2. The smallest absolute Gasteiger partial charge is 0.410 e. The number of carbonyl (C=O) groups excluding carboxylic acids is 1. The molecule has 2 bridgehead atoms. The number of carbonyl (C=O) groups is 1. The first kappa shape index (κ1) is 15.0. The lowest BCUT2D eigenvalue weighted by Gasteiger charge is -2.31. The fourth-order valence-electron chi connectivity index (χ4n) is 3.43. The zero-order valence-electron chi connectivity index (χ0n) is 13.8. The number of hydrogen-bond donors (Lipinski definition) is 0. The van der Waals surface area contributed by atoms with Gasteiger partial charge in [-0.05, 0) is 50.5 Å². The summed E-state index contributed by atoms with van der Waals surface area (Å²) < 4.78 is 16.3. The van der Waals surface area contributed by atoms with Crippen LogP contribution in [0.25, 0.3) is 0 Å². The third kappa shape index (κ3) is 2.38. The van der Waals surface area contributed by atoms with Crippen molar-refractivity contribution in [3.8, 4) is 11.5 Å². The first-order chi connectivity index (χ1) is 10.3. The van der Waals surface area contributed by atoms with Gasteiger partial charge in [-0.1, -0.05) is 0 Å². The van der Waals surface area contributed by atoms with E-state index in [-0.39, 0.29) is 12.1 Å². The Morgan fingerprint density at radius 2 is 1.73 bits per heavy atom. The van der Waals surface area contributed by atoms with Crippen LogP contribution < -0.4 is 9.47 Å². The molecule has 1 aliphatic carbocycles. The maximum absolute atomic E-state index is 12.4. The van der Waals surface area contributed by atoms with E-state index in [2.05, 4.69) is 0 Å². The van der Waals surface area contributed by atoms with Gasteiger partial charge in [0, 0.05) is 12.5 Å². The van der Waals surface area contributed by atoms with Gasteiger partial charge in [0.05, 0.1) is 20.3 Å². The van der Waals surface area contributed by atoms with Crippen LogP contribution in [0.3, 0.4) is 0 Å². The lowest BCUT2D eigenvalue weighted by atomic mass is 9.98. The first-order valence-corrected chi connectivity index (χ1v) is 7.59. The number of amides is 1. The molecule has 5 heteroatoms. The molecule has 0 aromatic heterocycles. The maximum atomic E-state index is 12.4. The van der Waals surface area contributed by atoms with Gasteiger partial charge in [-0.2, -0.15) is 0 Å². The molecule has 0 unspecified atom stereocenters. The topological polar surface area (TPSA) is 48.0 Å². The molecule has 1 heterocycles. The molecule has 0 N–H and O–H groups in total. The van der Waals surface area contributed by atoms with Crippen LogP contribution in [0.1, 0.15) is 50.3 Å². The lowest BCUT2D eigenvalue weighted by molar-refractivity contribution is 0.0215. The molecule has 120 valence electrons. The van der Waals surface area contributed by atoms with E-state index in [1.165, 1.54) is 5.56 Å². The van der Waals surface area contributed by atoms with E-state index >= 15 is 0 Å². The Labute approximate surface area is 131 Å². The van der Waals surface area contributed by atoms with Crippen LogP contribution >= 0.6 is 0 Å². The van der Waals surface area contributed by atoms with Crippen LogP contribution in [0.15, 0.2) is 12.1 Å². The van der Waals surface area contributed by atoms with Gasteiger partial charge in [0.2, 0.25) is 0 Å². The van der Waals surface area contributed by atoms with E-state index in [1.807, 2.05) is 37.8 Å². The molecule has 1 amide bonds. The molecule has 2 atom stereocenters. The molecular weight excluding hydrogens is 282 g/mol. The van der Waals surface area contributed by atoms with E-state index in [4.69, 9.17) is 14.2 Å². The van der Waals surface area contributed by atoms with Crippen molar-refractivity contribution in [2.45, 2.75) is 44.8 Å². The molecule has 1 saturated heterocycles. The quantitative estimate of drug-likeness (QED) is 0.839. The Morgan fingerprint density at radius 3 is 2.27 bits per heavy atom. The summed E-state index contributed by atoms with van der Waals surface area (Å²) in [5, 5.41) is 0. The summed E-state index contributed by atoms with van der Waals surface area (Å²) >= 11 is 0. The van der Waals surface area contributed by atoms with Crippen molar-refractivity contribution in [1.82, 2.24) is 4.90 Å². The SMILES string of the molecule is COc1cc2c(cc1OC)[C@H]1C[C@@H]2CN1C(=O)OC(C)(C)C. The molecule has 0 spiro atoms. The number of nitrogens with zero attached hydrogens (tertiary/aromatic N) is 1. The third-order valence-corrected chi connectivity index (χ3v) is 4.32. The van der Waals surface area contributed by atoms with Crippen LogP contribution in [0.5, 0.6) is 11.5 Å². The molecule has 3 rings (SSSR count). The Balaban J connectivity index is 1.89. The summed E-state index contributed by atoms with van der Waals surface area (Å²) in [6, 6.07) is 4.12. The molecule has 0 saturated carbocycles. The highest BCUT2D eigenvalue weighted by atomic mass is 16.6. The number of hydrogen-bond acceptors (Lipinski definition) is 4. The molecule has 2 aliphatic rings. The second-order valence-corrected chi connectivity index (χ2v) is 6.92. The van der Waals surface area contributed by atoms with Gasteiger partial charge >= 0.3 is 6.09 Å². The summed E-state index contributed by atoms with van der Waals surface area (Å²) in [6.07, 6.45) is 0.714. The Morgan fingerprint density at radius 1 is 1.14 bits per heavy atom. The normalized spacial score (nSPS) is 22.5. The Kier molecular flexibility index (Phi) is 3.46. The predicted octanol–water partition coefficient (Wildman–Crippen LogP) is 3.48. The van der Waals surface area contributed by atoms with Crippen LogP contribution in [0.4, 0.5) is 4.79 Å². The number of ether oxygens (including phenoxy) is 3. The van der Waals surface area contributed by atoms with Crippen LogP contribution in [-0.2, 0) is 4.74 Å². The summed E-state index contributed by atoms with van der Waals surface area (Å²) in [7, 11) is 3.27. The van der Waals surface area contributed by atoms with E-state index in [1.54, 1.807) is 14.2 Å². The van der Waals surface area contributed by atoms with E-state index in [9.17, 15) is 4.79 Å². The van der Waals surface area contributed by atoms with Gasteiger partial charge in [0.25, 0.3) is 0 Å². The van der Waals surface area contributed by atoms with Crippen molar-refractivity contribution in [3.63, 3.8) is 0 Å². The molecule has 1 fully saturated rings. The molecule has 1 aliphatic heterocycles. The fraction of sp³-hybridized carbons (Fsp3) is 0.588. The molecule has 0 radical (unpaired) electrons. The maximum Gasteiger partial charge on any atom is 0.410 e. The predicted molar refractivity (Wildman–Crippen MR) is 82.6 cm³/mol. The van der Waals surface area contributed by atoms with Crippen molar-refractivity contribution in [2.24, 2.45) is 0 Å². The summed E-state index contributed by atoms with van der Waals surface area (Å²) in [6.45, 7) is 6.38. The average molecular weight is 305 g/mol. The highest BCUT2D eigenvalue weighted by molar-refractivity contribution is 5.71. The number of benzene rings is 1. The van der Waals surface area contributed by atoms with Gasteiger partial charge in [-0.25, -0.2) is 4.79 Å². The standard InChI is InChI=1S/C17H23NO4/c1-17(2,3)22-16(19)18-9-10-6-13(18)12-8-15(21-5)14(20-4)7-11(10)12/h7-8,10,13H,6,9H2,1-5H3/t10-,13-/m1/s1. The first-order valence-electron chi connectivity index (χ1n) is 7.59. The summed E-state index contributed by atoms with van der Waals surface area (Å²) in [4.78, 5) is 14.2. The lowest BCUT2D eigenvalue weighted by Crippen LogP contribution is -2.38. The van der Waals surface area contributed by atoms with Crippen LogP contribution in [0.2, 0.25) is 0 Å². The average Bonchev–Trinajstić information content (AvgIpc) is 3.02. The van der Waals surface area contributed by atoms with E-state index in [0.717, 1.165) is 17.7 Å². The van der Waals surface area contributed by atoms with Gasteiger partial charge in [0.15, 0.2) is 11.5 Å². The van der Waals surface area contributed by atoms with Crippen molar-refractivity contribution in [1.29, 1.82) is 0 Å². The van der Waals surface area contributed by atoms with Crippen molar-refractivity contribution >= 4 is 6.09 Å². The largest absolute Gasteiger partial charge is 0.493 e. The Bertz CT molecular complexity index is 605. The second-order valence-electron chi connectivity index (χ2n) is 6.92. The summed E-state index contributed by atoms with van der Waals surface area (Å²) in [5.74, 6) is 1.81. The highest BCUT2D eigenvalue weighted by Crippen LogP contribution is 2.53. The molecule has 1 aromatic carbocycles. The van der Waals surface area contributed by atoms with Crippen molar-refractivity contribution in [3.05, 3.63) is 23.3 Å². The van der Waals surface area contributed by atoms with E-state index in [0.29, 0.717) is 18.2 Å². The second kappa shape index (κ2) is 5.07. The van der Waals surface area contributed by atoms with Crippen LogP contribution in [-0.4, -0.2) is 37.4 Å². The van der Waals surface area contributed by atoms with Crippen molar-refractivity contribution in [2.75, 3.05) is 20.8 Å². The minimum Gasteiger partial charge on any atom is -0.493 e. The zero-order chi connectivity index (χ0) is 16.1. The van der Waals surface area contributed by atoms with E-state index < -0.39 is 5.60 Å². The Hall–Kier alpha value is -1.91. The molecule has 1 aromatic rings. The van der Waals surface area contributed by atoms with Crippen LogP contribution in [0, 0.1) is 0 Å². The monoisotopic (exact) mass is 305 g/mol. The third-order valence-electron chi connectivity index (χ3n) is 4.32. The summed E-state index contributed by atoms with van der Waals surface area (Å²) in [5.41, 5.74) is 1.95. The number of fused-ring (bicyclic) bond motifs is 5. The molecule has 5 nitrogen and oxygen atoms in total. The van der Waals surface area contributed by atoms with Gasteiger partial charge < -0.3 is 19.1 Å². The number of methoxy groups -OCH3 is 2. The van der Waals surface area contributed by atoms with Gasteiger partial charge in [0.1, 0.15) is 5.60 Å². The van der Waals surface area contributed by atoms with Gasteiger partial charge in [-0.15, -0.1) is 0 Å².